The minimum Gasteiger partial charge on any atom is -0.327 e. The number of rotatable bonds is 7. The largest absolute Gasteiger partial charge is 0.327 e. The number of nitrogens with zero attached hydrogens (tertiary/aromatic N) is 4. The molecule has 1 saturated heterocycles. The van der Waals surface area contributed by atoms with E-state index >= 15 is 0 Å². The van der Waals surface area contributed by atoms with E-state index in [0.717, 1.165) is 68.7 Å². The van der Waals surface area contributed by atoms with Crippen molar-refractivity contribution in [1.82, 2.24) is 19.4 Å². The summed E-state index contributed by atoms with van der Waals surface area (Å²) >= 11 is 1.82. The van der Waals surface area contributed by atoms with E-state index in [9.17, 15) is 8.42 Å². The fraction of sp³-hybridized carbons (Fsp3) is 0.417. The Morgan fingerprint density at radius 3 is 2.61 bits per heavy atom. The number of para-hydroxylation sites is 1. The molecule has 0 radical (unpaired) electrons. The van der Waals surface area contributed by atoms with Gasteiger partial charge in [-0.05, 0) is 62.7 Å². The van der Waals surface area contributed by atoms with Gasteiger partial charge in [-0.2, -0.15) is 0 Å². The Bertz CT molecular complexity index is 1350. The summed E-state index contributed by atoms with van der Waals surface area (Å²) in [6, 6.07) is 13.4. The molecule has 174 valence electrons. The molecule has 0 unspecified atom stereocenters. The molecule has 1 aliphatic heterocycles. The van der Waals surface area contributed by atoms with Crippen molar-refractivity contribution in [2.45, 2.75) is 56.5 Å². The second kappa shape index (κ2) is 9.13. The Morgan fingerprint density at radius 2 is 1.88 bits per heavy atom. The van der Waals surface area contributed by atoms with Crippen molar-refractivity contribution in [1.29, 1.82) is 0 Å². The summed E-state index contributed by atoms with van der Waals surface area (Å²) in [6.07, 6.45) is 4.31. The van der Waals surface area contributed by atoms with Gasteiger partial charge in [-0.15, -0.1) is 11.3 Å². The van der Waals surface area contributed by atoms with Crippen molar-refractivity contribution < 1.29 is 8.42 Å². The number of hydrogen-bond acceptors (Lipinski definition) is 6. The first-order valence-electron chi connectivity index (χ1n) is 11.5. The molecule has 7 nitrogen and oxygen atoms in total. The summed E-state index contributed by atoms with van der Waals surface area (Å²) in [5, 5.41) is 6.58. The van der Waals surface area contributed by atoms with Crippen LogP contribution in [0, 0.1) is 0 Å². The second-order valence-corrected chi connectivity index (χ2v) is 11.4. The fourth-order valence-corrected chi connectivity index (χ4v) is 6.30. The van der Waals surface area contributed by atoms with Crippen LogP contribution in [0.25, 0.3) is 21.3 Å². The molecule has 9 heteroatoms. The summed E-state index contributed by atoms with van der Waals surface area (Å²) < 4.78 is 27.1. The number of unbranched alkanes of at least 4 members (excludes halogenated alkanes) is 1. The van der Waals surface area contributed by atoms with E-state index in [1.165, 1.54) is 9.71 Å². The van der Waals surface area contributed by atoms with Gasteiger partial charge in [0, 0.05) is 12.5 Å². The number of aromatic nitrogens is 3. The molecule has 1 aliphatic rings. The van der Waals surface area contributed by atoms with E-state index in [-0.39, 0.29) is 4.90 Å². The number of primary sulfonamides is 1. The highest BCUT2D eigenvalue weighted by molar-refractivity contribution is 7.89. The number of piperidine rings is 1. The lowest BCUT2D eigenvalue weighted by Crippen LogP contribution is -2.33. The minimum atomic E-state index is -3.75. The molecule has 2 aromatic heterocycles. The highest BCUT2D eigenvalue weighted by Gasteiger charge is 2.25. The molecule has 4 aromatic rings. The maximum Gasteiger partial charge on any atom is 0.238 e. The third kappa shape index (κ3) is 4.68. The molecule has 2 aromatic carbocycles. The smallest absolute Gasteiger partial charge is 0.238 e. The number of likely N-dealkylation sites (tertiary alicyclic amines) is 1. The maximum atomic E-state index is 11.8. The molecule has 0 amide bonds. The van der Waals surface area contributed by atoms with Gasteiger partial charge in [-0.1, -0.05) is 25.5 Å². The van der Waals surface area contributed by atoms with E-state index in [2.05, 4.69) is 34.6 Å². The van der Waals surface area contributed by atoms with Crippen molar-refractivity contribution in [2.75, 3.05) is 13.1 Å². The zero-order valence-corrected chi connectivity index (χ0v) is 20.4. The number of sulfonamides is 1. The third-order valence-corrected chi connectivity index (χ3v) is 8.58. The van der Waals surface area contributed by atoms with Crippen molar-refractivity contribution in [3.63, 3.8) is 0 Å². The molecule has 0 atom stereocenters. The summed E-state index contributed by atoms with van der Waals surface area (Å²) in [6.45, 7) is 5.81. The van der Waals surface area contributed by atoms with Gasteiger partial charge in [0.15, 0.2) is 0 Å². The zero-order chi connectivity index (χ0) is 23.0. The van der Waals surface area contributed by atoms with Crippen LogP contribution in [0.1, 0.15) is 49.4 Å². The fourth-order valence-electron chi connectivity index (χ4n) is 4.63. The second-order valence-electron chi connectivity index (χ2n) is 8.80. The Morgan fingerprint density at radius 1 is 1.09 bits per heavy atom. The Balaban J connectivity index is 1.34. The summed E-state index contributed by atoms with van der Waals surface area (Å²) in [4.78, 5) is 12.3. The number of imidazole rings is 1. The van der Waals surface area contributed by atoms with Crippen molar-refractivity contribution in [3.8, 4) is 0 Å². The molecule has 0 saturated carbocycles. The lowest BCUT2D eigenvalue weighted by molar-refractivity contribution is 0.198. The van der Waals surface area contributed by atoms with Gasteiger partial charge >= 0.3 is 0 Å². The van der Waals surface area contributed by atoms with Crippen LogP contribution in [0.3, 0.4) is 0 Å². The average molecular weight is 484 g/mol. The van der Waals surface area contributed by atoms with Crippen molar-refractivity contribution in [2.24, 2.45) is 5.14 Å². The quantitative estimate of drug-likeness (QED) is 0.418. The molecule has 0 spiro atoms. The van der Waals surface area contributed by atoms with Gasteiger partial charge in [-0.25, -0.2) is 23.5 Å². The predicted octanol–water partition coefficient (Wildman–Crippen LogP) is 4.47. The molecule has 2 N–H and O–H groups in total. The van der Waals surface area contributed by atoms with Gasteiger partial charge in [0.2, 0.25) is 10.0 Å². The van der Waals surface area contributed by atoms with Crippen LogP contribution in [0.15, 0.2) is 47.4 Å². The van der Waals surface area contributed by atoms with E-state index in [1.54, 1.807) is 12.1 Å². The highest BCUT2D eigenvalue weighted by Crippen LogP contribution is 2.34. The molecule has 5 rings (SSSR count). The molecule has 3 heterocycles. The first-order valence-corrected chi connectivity index (χ1v) is 13.9. The van der Waals surface area contributed by atoms with Crippen LogP contribution in [0.2, 0.25) is 0 Å². The van der Waals surface area contributed by atoms with Crippen LogP contribution < -0.4 is 5.14 Å². The van der Waals surface area contributed by atoms with Gasteiger partial charge in [-0.3, -0.25) is 4.90 Å². The van der Waals surface area contributed by atoms with E-state index in [0.29, 0.717) is 11.4 Å². The molecule has 0 aliphatic carbocycles. The van der Waals surface area contributed by atoms with Crippen LogP contribution in [-0.2, 0) is 23.1 Å². The van der Waals surface area contributed by atoms with E-state index in [1.807, 2.05) is 23.5 Å². The third-order valence-electron chi connectivity index (χ3n) is 6.47. The van der Waals surface area contributed by atoms with E-state index in [4.69, 9.17) is 15.1 Å². The lowest BCUT2D eigenvalue weighted by atomic mass is 9.97. The Kier molecular flexibility index (Phi) is 6.22. The summed E-state index contributed by atoms with van der Waals surface area (Å²) in [7, 11) is -3.75. The number of thiazole rings is 1. The van der Waals surface area contributed by atoms with Crippen molar-refractivity contribution >= 4 is 42.6 Å². The Hall–Kier alpha value is -2.33. The summed E-state index contributed by atoms with van der Waals surface area (Å²) in [5.74, 6) is 1.50. The highest BCUT2D eigenvalue weighted by atomic mass is 32.2. The number of nitrogens with two attached hydrogens (primary N) is 1. The average Bonchev–Trinajstić information content (AvgIpc) is 3.38. The molecular formula is C24H29N5O2S2. The SMILES string of the molecule is CCCCn1c(CN2CCC(c3nc4ccccc4s3)CC2)nc2cc(S(N)(=O)=O)ccc21. The number of fused-ring (bicyclic) bond motifs is 2. The first kappa shape index (κ1) is 22.5. The zero-order valence-electron chi connectivity index (χ0n) is 18.8. The molecule has 0 bridgehead atoms. The van der Waals surface area contributed by atoms with Crippen LogP contribution >= 0.6 is 11.3 Å². The summed E-state index contributed by atoms with van der Waals surface area (Å²) in [5.41, 5.74) is 2.76. The standard InChI is InChI=1S/C24H29N5O2S2/c1-2-3-12-29-21-9-8-18(33(25,30)31)15-20(21)26-23(29)16-28-13-10-17(11-14-28)24-27-19-6-4-5-7-22(19)32-24/h4-9,15,17H,2-3,10-14,16H2,1H3,(H2,25,30,31). The van der Waals surface area contributed by atoms with Gasteiger partial charge in [0.05, 0.1) is 37.7 Å². The number of aryl methyl sites for hydroxylation is 1. The van der Waals surface area contributed by atoms with Crippen LogP contribution in [0.5, 0.6) is 0 Å². The van der Waals surface area contributed by atoms with Gasteiger partial charge in [0.1, 0.15) is 5.82 Å². The van der Waals surface area contributed by atoms with Crippen molar-refractivity contribution in [3.05, 3.63) is 53.3 Å². The van der Waals surface area contributed by atoms with Crippen LogP contribution in [0.4, 0.5) is 0 Å². The van der Waals surface area contributed by atoms with Gasteiger partial charge < -0.3 is 4.57 Å². The normalized spacial score (nSPS) is 16.2. The molecular weight excluding hydrogens is 454 g/mol. The van der Waals surface area contributed by atoms with E-state index < -0.39 is 10.0 Å². The molecule has 33 heavy (non-hydrogen) atoms. The first-order chi connectivity index (χ1) is 15.9. The van der Waals surface area contributed by atoms with Gasteiger partial charge in [0.25, 0.3) is 0 Å². The topological polar surface area (TPSA) is 94.1 Å². The number of hydrogen-bond donors (Lipinski definition) is 1. The maximum absolute atomic E-state index is 11.8. The lowest BCUT2D eigenvalue weighted by Gasteiger charge is -2.30. The minimum absolute atomic E-state index is 0.110. The molecule has 1 fully saturated rings. The Labute approximate surface area is 198 Å². The number of benzene rings is 2. The predicted molar refractivity (Wildman–Crippen MR) is 133 cm³/mol. The van der Waals surface area contributed by atoms with Crippen LogP contribution in [-0.4, -0.2) is 40.9 Å². The monoisotopic (exact) mass is 483 g/mol.